The van der Waals surface area contributed by atoms with Gasteiger partial charge in [-0.1, -0.05) is 6.08 Å². The van der Waals surface area contributed by atoms with Crippen molar-refractivity contribution in [2.24, 2.45) is 0 Å². The van der Waals surface area contributed by atoms with Gasteiger partial charge < -0.3 is 9.47 Å². The van der Waals surface area contributed by atoms with Crippen LogP contribution >= 0.6 is 0 Å². The summed E-state index contributed by atoms with van der Waals surface area (Å²) in [6, 6.07) is 5.66. The SMILES string of the molecule is C=CCc1cc(-c2n[nH]nc2C(=O)OCC)ccc1OC(C)C. The normalized spacial score (nSPS) is 10.6. The number of hydrogen-bond donors (Lipinski definition) is 1. The fourth-order valence-corrected chi connectivity index (χ4v) is 2.18. The van der Waals surface area contributed by atoms with E-state index in [1.165, 1.54) is 0 Å². The van der Waals surface area contributed by atoms with E-state index in [9.17, 15) is 4.79 Å². The topological polar surface area (TPSA) is 77.1 Å². The lowest BCUT2D eigenvalue weighted by Crippen LogP contribution is -2.08. The Morgan fingerprint density at radius 2 is 2.17 bits per heavy atom. The molecule has 122 valence electrons. The van der Waals surface area contributed by atoms with Crippen LogP contribution in [-0.2, 0) is 11.2 Å². The smallest absolute Gasteiger partial charge is 0.361 e. The lowest BCUT2D eigenvalue weighted by atomic mass is 10.0. The monoisotopic (exact) mass is 315 g/mol. The second-order valence-electron chi connectivity index (χ2n) is 5.22. The predicted molar refractivity (Wildman–Crippen MR) is 87.4 cm³/mol. The number of allylic oxidation sites excluding steroid dienone is 1. The molecule has 0 unspecified atom stereocenters. The van der Waals surface area contributed by atoms with Crippen LogP contribution in [0, 0.1) is 0 Å². The average Bonchev–Trinajstić information content (AvgIpc) is 2.98. The maximum absolute atomic E-state index is 11.9. The van der Waals surface area contributed by atoms with Gasteiger partial charge in [-0.25, -0.2) is 4.79 Å². The number of aromatic nitrogens is 3. The molecular weight excluding hydrogens is 294 g/mol. The Morgan fingerprint density at radius 3 is 2.83 bits per heavy atom. The lowest BCUT2D eigenvalue weighted by Gasteiger charge is -2.14. The van der Waals surface area contributed by atoms with E-state index in [1.54, 1.807) is 13.0 Å². The molecule has 2 rings (SSSR count). The van der Waals surface area contributed by atoms with Gasteiger partial charge in [-0.15, -0.1) is 11.7 Å². The van der Waals surface area contributed by atoms with Crippen LogP contribution in [0.2, 0.25) is 0 Å². The molecule has 0 bridgehead atoms. The van der Waals surface area contributed by atoms with Crippen LogP contribution in [0.5, 0.6) is 5.75 Å². The number of carbonyl (C=O) groups is 1. The summed E-state index contributed by atoms with van der Waals surface area (Å²) in [4.78, 5) is 11.9. The number of rotatable bonds is 7. The van der Waals surface area contributed by atoms with Gasteiger partial charge in [-0.05, 0) is 51.0 Å². The molecule has 1 aromatic carbocycles. The number of hydrogen-bond acceptors (Lipinski definition) is 5. The average molecular weight is 315 g/mol. The van der Waals surface area contributed by atoms with Crippen molar-refractivity contribution in [1.29, 1.82) is 0 Å². The molecule has 0 amide bonds. The molecule has 2 aromatic rings. The quantitative estimate of drug-likeness (QED) is 0.627. The zero-order valence-corrected chi connectivity index (χ0v) is 13.6. The minimum atomic E-state index is -0.496. The van der Waals surface area contributed by atoms with E-state index in [0.717, 1.165) is 16.9 Å². The summed E-state index contributed by atoms with van der Waals surface area (Å²) in [5.74, 6) is 0.300. The molecule has 6 nitrogen and oxygen atoms in total. The first-order chi connectivity index (χ1) is 11.1. The molecule has 0 aliphatic rings. The number of H-pyrrole nitrogens is 1. The maximum Gasteiger partial charge on any atom is 0.361 e. The van der Waals surface area contributed by atoms with Gasteiger partial charge in [0.25, 0.3) is 0 Å². The third-order valence-corrected chi connectivity index (χ3v) is 3.08. The van der Waals surface area contributed by atoms with Gasteiger partial charge in [0.2, 0.25) is 0 Å². The third-order valence-electron chi connectivity index (χ3n) is 3.08. The van der Waals surface area contributed by atoms with Crippen LogP contribution in [0.4, 0.5) is 0 Å². The van der Waals surface area contributed by atoms with Gasteiger partial charge in [0.15, 0.2) is 5.69 Å². The van der Waals surface area contributed by atoms with E-state index in [4.69, 9.17) is 9.47 Å². The minimum Gasteiger partial charge on any atom is -0.491 e. The highest BCUT2D eigenvalue weighted by Crippen LogP contribution is 2.28. The van der Waals surface area contributed by atoms with Crippen LogP contribution in [0.3, 0.4) is 0 Å². The minimum absolute atomic E-state index is 0.0755. The van der Waals surface area contributed by atoms with Crippen LogP contribution < -0.4 is 4.74 Å². The van der Waals surface area contributed by atoms with E-state index in [0.29, 0.717) is 12.1 Å². The highest BCUT2D eigenvalue weighted by molar-refractivity contribution is 5.94. The first kappa shape index (κ1) is 16.7. The molecule has 6 heteroatoms. The first-order valence-electron chi connectivity index (χ1n) is 7.55. The first-order valence-corrected chi connectivity index (χ1v) is 7.55. The van der Waals surface area contributed by atoms with E-state index in [-0.39, 0.29) is 18.4 Å². The summed E-state index contributed by atoms with van der Waals surface area (Å²) in [6.45, 7) is 9.76. The van der Waals surface area contributed by atoms with E-state index >= 15 is 0 Å². The zero-order valence-electron chi connectivity index (χ0n) is 13.6. The largest absolute Gasteiger partial charge is 0.491 e. The van der Waals surface area contributed by atoms with Crippen LogP contribution in [-0.4, -0.2) is 34.1 Å². The number of ether oxygens (including phenoxy) is 2. The summed E-state index contributed by atoms with van der Waals surface area (Å²) < 4.78 is 10.8. The van der Waals surface area contributed by atoms with Crippen molar-refractivity contribution in [2.75, 3.05) is 6.61 Å². The Morgan fingerprint density at radius 1 is 1.39 bits per heavy atom. The fraction of sp³-hybridized carbons (Fsp3) is 0.353. The highest BCUT2D eigenvalue weighted by Gasteiger charge is 2.20. The number of carbonyl (C=O) groups excluding carboxylic acids is 1. The molecule has 0 atom stereocenters. The van der Waals surface area contributed by atoms with Gasteiger partial charge in [-0.3, -0.25) is 0 Å². The van der Waals surface area contributed by atoms with Crippen molar-refractivity contribution >= 4 is 5.97 Å². The zero-order chi connectivity index (χ0) is 16.8. The summed E-state index contributed by atoms with van der Waals surface area (Å²) in [5.41, 5.74) is 2.39. The van der Waals surface area contributed by atoms with Crippen molar-refractivity contribution in [3.05, 3.63) is 42.1 Å². The molecule has 0 aliphatic heterocycles. The molecule has 0 saturated heterocycles. The van der Waals surface area contributed by atoms with Gasteiger partial charge >= 0.3 is 5.97 Å². The second-order valence-corrected chi connectivity index (χ2v) is 5.22. The number of esters is 1. The third kappa shape index (κ3) is 3.97. The molecule has 0 saturated carbocycles. The Labute approximate surface area is 135 Å². The maximum atomic E-state index is 11.9. The number of aromatic amines is 1. The molecular formula is C17H21N3O3. The molecule has 0 fully saturated rings. The number of benzene rings is 1. The van der Waals surface area contributed by atoms with Crippen molar-refractivity contribution in [1.82, 2.24) is 15.4 Å². The summed E-state index contributed by atoms with van der Waals surface area (Å²) in [7, 11) is 0. The summed E-state index contributed by atoms with van der Waals surface area (Å²) >= 11 is 0. The molecule has 23 heavy (non-hydrogen) atoms. The molecule has 1 aromatic heterocycles. The van der Waals surface area contributed by atoms with Crippen molar-refractivity contribution in [3.63, 3.8) is 0 Å². The van der Waals surface area contributed by atoms with Gasteiger partial charge in [-0.2, -0.15) is 10.3 Å². The number of nitrogens with one attached hydrogen (secondary N) is 1. The molecule has 1 heterocycles. The summed E-state index contributed by atoms with van der Waals surface area (Å²) in [5, 5.41) is 10.5. The summed E-state index contributed by atoms with van der Waals surface area (Å²) in [6.07, 6.45) is 2.54. The van der Waals surface area contributed by atoms with E-state index in [2.05, 4.69) is 22.0 Å². The van der Waals surface area contributed by atoms with Gasteiger partial charge in [0.05, 0.1) is 12.7 Å². The van der Waals surface area contributed by atoms with Crippen molar-refractivity contribution in [2.45, 2.75) is 33.3 Å². The molecule has 1 N–H and O–H groups in total. The fourth-order valence-electron chi connectivity index (χ4n) is 2.18. The standard InChI is InChI=1S/C17H21N3O3/c1-5-7-12-10-13(8-9-14(12)23-11(3)4)15-16(19-20-18-15)17(21)22-6-2/h5,8-11H,1,6-7H2,2-4H3,(H,18,19,20). The molecule has 0 radical (unpaired) electrons. The Hall–Kier alpha value is -2.63. The molecule has 0 spiro atoms. The van der Waals surface area contributed by atoms with Crippen LogP contribution in [0.1, 0.15) is 36.8 Å². The lowest BCUT2D eigenvalue weighted by molar-refractivity contribution is 0.0520. The van der Waals surface area contributed by atoms with Crippen molar-refractivity contribution in [3.8, 4) is 17.0 Å². The van der Waals surface area contributed by atoms with Crippen molar-refractivity contribution < 1.29 is 14.3 Å². The van der Waals surface area contributed by atoms with Gasteiger partial charge in [0.1, 0.15) is 11.4 Å². The van der Waals surface area contributed by atoms with Gasteiger partial charge in [0, 0.05) is 5.56 Å². The van der Waals surface area contributed by atoms with Crippen LogP contribution in [0.15, 0.2) is 30.9 Å². The Balaban J connectivity index is 2.41. The second kappa shape index (κ2) is 7.58. The van der Waals surface area contributed by atoms with E-state index < -0.39 is 5.97 Å². The predicted octanol–water partition coefficient (Wildman–Crippen LogP) is 3.16. The number of nitrogens with zero attached hydrogens (tertiary/aromatic N) is 2. The molecule has 0 aliphatic carbocycles. The Kier molecular flexibility index (Phi) is 5.51. The Bertz CT molecular complexity index is 692. The van der Waals surface area contributed by atoms with E-state index in [1.807, 2.05) is 32.0 Å². The highest BCUT2D eigenvalue weighted by atomic mass is 16.5. The van der Waals surface area contributed by atoms with Crippen LogP contribution in [0.25, 0.3) is 11.3 Å².